The summed E-state index contributed by atoms with van der Waals surface area (Å²) in [7, 11) is 1.41. The van der Waals surface area contributed by atoms with Gasteiger partial charge in [0.15, 0.2) is 6.10 Å². The zero-order valence-corrected chi connectivity index (χ0v) is 10.9. The van der Waals surface area contributed by atoms with Crippen molar-refractivity contribution in [1.29, 1.82) is 0 Å². The summed E-state index contributed by atoms with van der Waals surface area (Å²) in [4.78, 5) is 33.6. The summed E-state index contributed by atoms with van der Waals surface area (Å²) in [6.07, 6.45) is -1.24. The van der Waals surface area contributed by atoms with Crippen LogP contribution in [-0.4, -0.2) is 36.2 Å². The number of imide groups is 1. The van der Waals surface area contributed by atoms with Crippen LogP contribution in [-0.2, 0) is 9.53 Å². The van der Waals surface area contributed by atoms with E-state index in [0.29, 0.717) is 5.75 Å². The average Bonchev–Trinajstić information content (AvgIpc) is 2.37. The second-order valence-electron chi connectivity index (χ2n) is 3.78. The van der Waals surface area contributed by atoms with Gasteiger partial charge in [0, 0.05) is 6.07 Å². The Balaban J connectivity index is 2.76. The van der Waals surface area contributed by atoms with Gasteiger partial charge < -0.3 is 20.3 Å². The van der Waals surface area contributed by atoms with Crippen molar-refractivity contribution in [2.75, 3.05) is 7.11 Å². The topological polar surface area (TPSA) is 128 Å². The number of rotatable bonds is 4. The smallest absolute Gasteiger partial charge is 0.342 e. The van der Waals surface area contributed by atoms with E-state index in [-0.39, 0.29) is 11.3 Å². The molecule has 0 saturated heterocycles. The van der Waals surface area contributed by atoms with Gasteiger partial charge in [-0.2, -0.15) is 0 Å². The highest BCUT2D eigenvalue weighted by molar-refractivity contribution is 5.98. The molecule has 0 aliphatic carbocycles. The van der Waals surface area contributed by atoms with Gasteiger partial charge in [0.05, 0.1) is 7.11 Å². The molecule has 1 aromatic rings. The summed E-state index contributed by atoms with van der Waals surface area (Å²) in [6, 6.07) is 2.91. The molecule has 0 heterocycles. The van der Waals surface area contributed by atoms with Crippen molar-refractivity contribution in [1.82, 2.24) is 5.32 Å². The Morgan fingerprint density at radius 1 is 1.35 bits per heavy atom. The Hall–Kier alpha value is -2.77. The predicted octanol–water partition coefficient (Wildman–Crippen LogP) is 0.141. The number of esters is 1. The third-order valence-electron chi connectivity index (χ3n) is 2.32. The number of hydrogen-bond donors (Lipinski definition) is 3. The highest BCUT2D eigenvalue weighted by atomic mass is 16.5. The fourth-order valence-corrected chi connectivity index (χ4v) is 1.31. The molecule has 0 saturated carbocycles. The molecule has 0 aromatic heterocycles. The van der Waals surface area contributed by atoms with Crippen LogP contribution >= 0.6 is 0 Å². The lowest BCUT2D eigenvalue weighted by Gasteiger charge is -2.12. The van der Waals surface area contributed by atoms with Crippen LogP contribution < -0.4 is 15.8 Å². The Morgan fingerprint density at radius 2 is 2.00 bits per heavy atom. The number of amides is 3. The molecule has 0 radical (unpaired) electrons. The van der Waals surface area contributed by atoms with E-state index < -0.39 is 24.0 Å². The van der Waals surface area contributed by atoms with Gasteiger partial charge >= 0.3 is 12.0 Å². The van der Waals surface area contributed by atoms with Crippen LogP contribution in [0.15, 0.2) is 18.2 Å². The minimum absolute atomic E-state index is 0.135. The molecule has 0 aliphatic heterocycles. The Morgan fingerprint density at radius 3 is 2.50 bits per heavy atom. The molecule has 108 valence electrons. The molecule has 3 amide bonds. The molecular weight excluding hydrogens is 268 g/mol. The molecule has 0 bridgehead atoms. The van der Waals surface area contributed by atoms with Crippen LogP contribution in [0.1, 0.15) is 17.3 Å². The molecule has 0 fully saturated rings. The van der Waals surface area contributed by atoms with E-state index in [9.17, 15) is 19.5 Å². The van der Waals surface area contributed by atoms with E-state index in [1.165, 1.54) is 32.2 Å². The van der Waals surface area contributed by atoms with E-state index in [0.717, 1.165) is 0 Å². The summed E-state index contributed by atoms with van der Waals surface area (Å²) in [6.45, 7) is 1.26. The lowest BCUT2D eigenvalue weighted by atomic mass is 10.2. The monoisotopic (exact) mass is 282 g/mol. The normalized spacial score (nSPS) is 11.3. The predicted molar refractivity (Wildman–Crippen MR) is 67.3 cm³/mol. The van der Waals surface area contributed by atoms with Crippen LogP contribution in [0.4, 0.5) is 4.79 Å². The minimum atomic E-state index is -1.24. The standard InChI is InChI=1S/C12H14N2O6/c1-6(10(16)14-12(13)18)20-11(17)8-4-3-7(19-2)5-9(8)15/h3-6,15H,1-2H3,(H3,13,14,16,18)/t6-/m1/s1. The number of primary amides is 1. The van der Waals surface area contributed by atoms with E-state index in [2.05, 4.69) is 0 Å². The number of aromatic hydroxyl groups is 1. The first-order chi connectivity index (χ1) is 9.35. The van der Waals surface area contributed by atoms with Crippen molar-refractivity contribution in [3.05, 3.63) is 23.8 Å². The molecule has 1 rings (SSSR count). The fourth-order valence-electron chi connectivity index (χ4n) is 1.31. The number of nitrogens with one attached hydrogen (secondary N) is 1. The quantitative estimate of drug-likeness (QED) is 0.674. The van der Waals surface area contributed by atoms with Gasteiger partial charge in [-0.15, -0.1) is 0 Å². The van der Waals surface area contributed by atoms with Gasteiger partial charge in [0.2, 0.25) is 0 Å². The molecule has 0 unspecified atom stereocenters. The first-order valence-corrected chi connectivity index (χ1v) is 5.53. The Bertz CT molecular complexity index is 543. The zero-order chi connectivity index (χ0) is 15.3. The molecule has 4 N–H and O–H groups in total. The molecule has 8 nitrogen and oxygen atoms in total. The largest absolute Gasteiger partial charge is 0.507 e. The van der Waals surface area contributed by atoms with Crippen LogP contribution in [0.2, 0.25) is 0 Å². The third kappa shape index (κ3) is 3.87. The third-order valence-corrected chi connectivity index (χ3v) is 2.32. The highest BCUT2D eigenvalue weighted by Crippen LogP contribution is 2.24. The van der Waals surface area contributed by atoms with Gasteiger partial charge in [-0.3, -0.25) is 10.1 Å². The molecule has 20 heavy (non-hydrogen) atoms. The molecule has 0 spiro atoms. The summed E-state index contributed by atoms with van der Waals surface area (Å²) >= 11 is 0. The van der Waals surface area contributed by atoms with Crippen LogP contribution in [0, 0.1) is 0 Å². The number of urea groups is 1. The van der Waals surface area contributed by atoms with Gasteiger partial charge in [-0.1, -0.05) is 0 Å². The van der Waals surface area contributed by atoms with Crippen molar-refractivity contribution in [2.24, 2.45) is 5.73 Å². The average molecular weight is 282 g/mol. The van der Waals surface area contributed by atoms with Crippen molar-refractivity contribution in [3.63, 3.8) is 0 Å². The highest BCUT2D eigenvalue weighted by Gasteiger charge is 2.21. The maximum atomic E-state index is 11.7. The van der Waals surface area contributed by atoms with Crippen molar-refractivity contribution in [3.8, 4) is 11.5 Å². The number of carbonyl (C=O) groups excluding carboxylic acids is 3. The van der Waals surface area contributed by atoms with Crippen LogP contribution in [0.3, 0.4) is 0 Å². The maximum Gasteiger partial charge on any atom is 0.342 e. The zero-order valence-electron chi connectivity index (χ0n) is 10.9. The number of phenols is 1. The number of methoxy groups -OCH3 is 1. The number of hydrogen-bond acceptors (Lipinski definition) is 6. The van der Waals surface area contributed by atoms with Gasteiger partial charge in [-0.25, -0.2) is 9.59 Å². The fraction of sp³-hybridized carbons (Fsp3) is 0.250. The summed E-state index contributed by atoms with van der Waals surface area (Å²) in [5.74, 6) is -1.77. The first-order valence-electron chi connectivity index (χ1n) is 5.53. The van der Waals surface area contributed by atoms with Crippen LogP contribution in [0.5, 0.6) is 11.5 Å². The number of ether oxygens (including phenoxy) is 2. The Labute approximate surface area is 114 Å². The number of phenolic OH excluding ortho intramolecular Hbond substituents is 1. The van der Waals surface area contributed by atoms with E-state index in [1.807, 2.05) is 0 Å². The summed E-state index contributed by atoms with van der Waals surface area (Å²) < 4.78 is 9.66. The molecular formula is C12H14N2O6. The lowest BCUT2D eigenvalue weighted by molar-refractivity contribution is -0.127. The van der Waals surface area contributed by atoms with Gasteiger partial charge in [0.1, 0.15) is 17.1 Å². The number of carbonyl (C=O) groups is 3. The molecule has 1 aromatic carbocycles. The van der Waals surface area contributed by atoms with E-state index >= 15 is 0 Å². The van der Waals surface area contributed by atoms with E-state index in [4.69, 9.17) is 15.2 Å². The minimum Gasteiger partial charge on any atom is -0.507 e. The molecule has 0 aliphatic rings. The van der Waals surface area contributed by atoms with Crippen LogP contribution in [0.25, 0.3) is 0 Å². The van der Waals surface area contributed by atoms with E-state index in [1.54, 1.807) is 5.32 Å². The second-order valence-corrected chi connectivity index (χ2v) is 3.78. The Kier molecular flexibility index (Phi) is 4.90. The number of nitrogens with two attached hydrogens (primary N) is 1. The summed E-state index contributed by atoms with van der Waals surface area (Å²) in [5, 5.41) is 11.4. The van der Waals surface area contributed by atoms with Gasteiger partial charge in [0.25, 0.3) is 5.91 Å². The van der Waals surface area contributed by atoms with Crippen molar-refractivity contribution < 1.29 is 29.0 Å². The molecule has 8 heteroatoms. The van der Waals surface area contributed by atoms with Crippen molar-refractivity contribution in [2.45, 2.75) is 13.0 Å². The van der Waals surface area contributed by atoms with Gasteiger partial charge in [-0.05, 0) is 19.1 Å². The van der Waals surface area contributed by atoms with Crippen molar-refractivity contribution >= 4 is 17.9 Å². The SMILES string of the molecule is COc1ccc(C(=O)O[C@H](C)C(=O)NC(N)=O)c(O)c1. The number of benzene rings is 1. The second kappa shape index (κ2) is 6.41. The summed E-state index contributed by atoms with van der Waals surface area (Å²) in [5.41, 5.74) is 4.63. The lowest BCUT2D eigenvalue weighted by Crippen LogP contribution is -2.42. The molecule has 1 atom stereocenters. The maximum absolute atomic E-state index is 11.7. The first kappa shape index (κ1) is 15.3.